The van der Waals surface area contributed by atoms with Crippen molar-refractivity contribution in [3.05, 3.63) is 40.0 Å². The van der Waals surface area contributed by atoms with Crippen molar-refractivity contribution in [2.24, 2.45) is 11.7 Å². The summed E-state index contributed by atoms with van der Waals surface area (Å²) in [6.45, 7) is 1.51. The van der Waals surface area contributed by atoms with Crippen LogP contribution in [-0.2, 0) is 19.1 Å². The highest BCUT2D eigenvalue weighted by atomic mass is 79.9. The fourth-order valence-electron chi connectivity index (χ4n) is 2.41. The van der Waals surface area contributed by atoms with E-state index in [1.54, 1.807) is 24.3 Å². The zero-order valence-electron chi connectivity index (χ0n) is 12.1. The molecule has 0 radical (unpaired) electrons. The Labute approximate surface area is 136 Å². The molecular formula is C15H15BrN2O4. The maximum absolute atomic E-state index is 12.6. The fourth-order valence-corrected chi connectivity index (χ4v) is 2.67. The molecule has 1 unspecified atom stereocenters. The third-order valence-corrected chi connectivity index (χ3v) is 3.94. The molecule has 1 saturated heterocycles. The van der Waals surface area contributed by atoms with Gasteiger partial charge in [0.2, 0.25) is 11.8 Å². The molecular weight excluding hydrogens is 352 g/mol. The molecule has 0 saturated carbocycles. The Morgan fingerprint density at radius 3 is 2.41 bits per heavy atom. The summed E-state index contributed by atoms with van der Waals surface area (Å²) < 4.78 is 5.49. The van der Waals surface area contributed by atoms with Gasteiger partial charge in [0.1, 0.15) is 0 Å². The van der Waals surface area contributed by atoms with Crippen LogP contribution in [0.5, 0.6) is 0 Å². The first-order valence-electron chi connectivity index (χ1n) is 6.53. The van der Waals surface area contributed by atoms with Gasteiger partial charge < -0.3 is 10.5 Å². The summed E-state index contributed by atoms with van der Waals surface area (Å²) in [6, 6.07) is 6.76. The van der Waals surface area contributed by atoms with Crippen LogP contribution in [-0.4, -0.2) is 24.9 Å². The van der Waals surface area contributed by atoms with Gasteiger partial charge in [-0.3, -0.25) is 14.5 Å². The van der Waals surface area contributed by atoms with E-state index in [1.165, 1.54) is 14.0 Å². The van der Waals surface area contributed by atoms with Crippen LogP contribution in [0.15, 0.2) is 40.0 Å². The van der Waals surface area contributed by atoms with E-state index in [4.69, 9.17) is 5.73 Å². The molecule has 22 heavy (non-hydrogen) atoms. The first kappa shape index (κ1) is 16.2. The SMILES string of the molecule is COC(=O)C(=C(C)N)C1CC(=O)N(c2ccc(Br)cc2)C1=O. The number of carbonyl (C=O) groups is 3. The number of anilines is 1. The number of hydrogen-bond donors (Lipinski definition) is 1. The van der Waals surface area contributed by atoms with Crippen molar-refractivity contribution in [3.63, 3.8) is 0 Å². The summed E-state index contributed by atoms with van der Waals surface area (Å²) in [5.74, 6) is -2.45. The topological polar surface area (TPSA) is 89.7 Å². The van der Waals surface area contributed by atoms with Gasteiger partial charge in [0, 0.05) is 16.6 Å². The van der Waals surface area contributed by atoms with Crippen LogP contribution in [0.25, 0.3) is 0 Å². The van der Waals surface area contributed by atoms with Gasteiger partial charge in [-0.25, -0.2) is 4.79 Å². The van der Waals surface area contributed by atoms with Crippen molar-refractivity contribution in [3.8, 4) is 0 Å². The van der Waals surface area contributed by atoms with Crippen LogP contribution in [0, 0.1) is 5.92 Å². The second-order valence-electron chi connectivity index (χ2n) is 4.89. The molecule has 1 aliphatic heterocycles. The maximum Gasteiger partial charge on any atom is 0.336 e. The van der Waals surface area contributed by atoms with Gasteiger partial charge in [0.25, 0.3) is 0 Å². The average molecular weight is 367 g/mol. The Hall–Kier alpha value is -2.15. The van der Waals surface area contributed by atoms with E-state index in [0.717, 1.165) is 9.37 Å². The summed E-state index contributed by atoms with van der Waals surface area (Å²) in [4.78, 5) is 37.7. The van der Waals surface area contributed by atoms with Gasteiger partial charge in [0.15, 0.2) is 0 Å². The first-order chi connectivity index (χ1) is 10.4. The summed E-state index contributed by atoms with van der Waals surface area (Å²) in [6.07, 6.45) is -0.103. The largest absolute Gasteiger partial charge is 0.466 e. The molecule has 1 aromatic rings. The number of carbonyl (C=O) groups excluding carboxylic acids is 3. The number of hydrogen-bond acceptors (Lipinski definition) is 5. The van der Waals surface area contributed by atoms with Crippen LogP contribution >= 0.6 is 15.9 Å². The third kappa shape index (κ3) is 2.89. The number of amides is 2. The highest BCUT2D eigenvalue weighted by Crippen LogP contribution is 2.32. The van der Waals surface area contributed by atoms with Crippen LogP contribution in [0.4, 0.5) is 5.69 Å². The quantitative estimate of drug-likeness (QED) is 0.499. The number of benzene rings is 1. The normalized spacial score (nSPS) is 19.2. The predicted octanol–water partition coefficient (Wildman–Crippen LogP) is 1.73. The number of ether oxygens (including phenoxy) is 1. The number of halogens is 1. The minimum atomic E-state index is -0.909. The molecule has 2 N–H and O–H groups in total. The van der Waals surface area contributed by atoms with Crippen molar-refractivity contribution in [2.75, 3.05) is 12.0 Å². The fraction of sp³-hybridized carbons (Fsp3) is 0.267. The van der Waals surface area contributed by atoms with Crippen molar-refractivity contribution in [1.29, 1.82) is 0 Å². The van der Waals surface area contributed by atoms with E-state index in [0.29, 0.717) is 5.69 Å². The minimum absolute atomic E-state index is 0.0421. The summed E-state index contributed by atoms with van der Waals surface area (Å²) in [5, 5.41) is 0. The van der Waals surface area contributed by atoms with Crippen molar-refractivity contribution < 1.29 is 19.1 Å². The highest BCUT2D eigenvalue weighted by Gasteiger charge is 2.44. The van der Waals surface area contributed by atoms with Crippen molar-refractivity contribution in [2.45, 2.75) is 13.3 Å². The summed E-state index contributed by atoms with van der Waals surface area (Å²) in [5.41, 5.74) is 6.37. The van der Waals surface area contributed by atoms with Crippen LogP contribution in [0.1, 0.15) is 13.3 Å². The Bertz CT molecular complexity index is 663. The maximum atomic E-state index is 12.6. The minimum Gasteiger partial charge on any atom is -0.466 e. The Morgan fingerprint density at radius 1 is 1.32 bits per heavy atom. The van der Waals surface area contributed by atoms with Gasteiger partial charge in [0.05, 0.1) is 24.3 Å². The Balaban J connectivity index is 2.38. The number of nitrogens with two attached hydrogens (primary N) is 1. The standard InChI is InChI=1S/C15H15BrN2O4/c1-8(17)13(15(21)22-2)11-7-12(19)18(14(11)20)10-5-3-9(16)4-6-10/h3-6,11H,7,17H2,1-2H3. The molecule has 1 fully saturated rings. The molecule has 1 aromatic carbocycles. The van der Waals surface area contributed by atoms with Crippen molar-refractivity contribution >= 4 is 39.4 Å². The number of allylic oxidation sites excluding steroid dienone is 1. The molecule has 6 nitrogen and oxygen atoms in total. The molecule has 1 heterocycles. The number of methoxy groups -OCH3 is 1. The molecule has 1 atom stereocenters. The van der Waals surface area contributed by atoms with Crippen LogP contribution in [0.2, 0.25) is 0 Å². The molecule has 1 aliphatic rings. The molecule has 2 rings (SSSR count). The Morgan fingerprint density at radius 2 is 1.91 bits per heavy atom. The second-order valence-corrected chi connectivity index (χ2v) is 5.80. The van der Waals surface area contributed by atoms with Crippen LogP contribution < -0.4 is 10.6 Å². The highest BCUT2D eigenvalue weighted by molar-refractivity contribution is 9.10. The molecule has 0 aromatic heterocycles. The lowest BCUT2D eigenvalue weighted by molar-refractivity contribution is -0.138. The van der Waals surface area contributed by atoms with Crippen molar-refractivity contribution in [1.82, 2.24) is 0 Å². The zero-order valence-corrected chi connectivity index (χ0v) is 13.7. The number of esters is 1. The van der Waals surface area contributed by atoms with E-state index in [-0.39, 0.29) is 23.6 Å². The van der Waals surface area contributed by atoms with E-state index >= 15 is 0 Å². The lowest BCUT2D eigenvalue weighted by atomic mass is 9.95. The summed E-state index contributed by atoms with van der Waals surface area (Å²) in [7, 11) is 1.21. The predicted molar refractivity (Wildman–Crippen MR) is 83.6 cm³/mol. The van der Waals surface area contributed by atoms with Gasteiger partial charge in [-0.05, 0) is 31.2 Å². The number of imide groups is 1. The second kappa shape index (κ2) is 6.31. The molecule has 0 spiro atoms. The molecule has 116 valence electrons. The van der Waals surface area contributed by atoms with E-state index in [2.05, 4.69) is 20.7 Å². The van der Waals surface area contributed by atoms with Gasteiger partial charge >= 0.3 is 5.97 Å². The molecule has 0 aliphatic carbocycles. The van der Waals surface area contributed by atoms with Gasteiger partial charge in [-0.1, -0.05) is 15.9 Å². The molecule has 7 heteroatoms. The average Bonchev–Trinajstić information content (AvgIpc) is 2.75. The monoisotopic (exact) mass is 366 g/mol. The lowest BCUT2D eigenvalue weighted by Crippen LogP contribution is -2.32. The van der Waals surface area contributed by atoms with E-state index in [9.17, 15) is 14.4 Å². The van der Waals surface area contributed by atoms with Gasteiger partial charge in [-0.2, -0.15) is 0 Å². The van der Waals surface area contributed by atoms with E-state index in [1.807, 2.05) is 0 Å². The molecule has 2 amide bonds. The smallest absolute Gasteiger partial charge is 0.336 e. The van der Waals surface area contributed by atoms with E-state index < -0.39 is 17.8 Å². The lowest BCUT2D eigenvalue weighted by Gasteiger charge is -2.16. The van der Waals surface area contributed by atoms with Crippen LogP contribution in [0.3, 0.4) is 0 Å². The number of nitrogens with zero attached hydrogens (tertiary/aromatic N) is 1. The van der Waals surface area contributed by atoms with Gasteiger partial charge in [-0.15, -0.1) is 0 Å². The first-order valence-corrected chi connectivity index (χ1v) is 7.33. The third-order valence-electron chi connectivity index (χ3n) is 3.41. The molecule has 0 bridgehead atoms. The zero-order chi connectivity index (χ0) is 16.4. The number of rotatable bonds is 3. The summed E-state index contributed by atoms with van der Waals surface area (Å²) >= 11 is 3.29. The Kier molecular flexibility index (Phi) is 4.65.